The molecule has 1 atom stereocenters. The number of sulfonamides is 1. The summed E-state index contributed by atoms with van der Waals surface area (Å²) in [5, 5.41) is 11.1. The molecule has 2 saturated heterocycles. The van der Waals surface area contributed by atoms with Gasteiger partial charge >= 0.3 is 0 Å². The highest BCUT2D eigenvalue weighted by atomic mass is 32.2. The zero-order chi connectivity index (χ0) is 20.2. The van der Waals surface area contributed by atoms with E-state index in [0.717, 1.165) is 12.8 Å². The molecule has 0 spiro atoms. The van der Waals surface area contributed by atoms with Crippen LogP contribution in [0.15, 0.2) is 30.3 Å². The molecule has 3 rings (SSSR count). The average molecular weight is 410 g/mol. The van der Waals surface area contributed by atoms with Crippen LogP contribution in [-0.2, 0) is 21.2 Å². The molecule has 0 saturated carbocycles. The topological polar surface area (TPSA) is 89.9 Å². The first kappa shape index (κ1) is 21.2. The summed E-state index contributed by atoms with van der Waals surface area (Å²) in [6.45, 7) is 2.97. The number of rotatable bonds is 7. The number of amides is 1. The number of aliphatic hydroxyl groups is 1. The summed E-state index contributed by atoms with van der Waals surface area (Å²) in [6, 6.07) is 10.00. The predicted molar refractivity (Wildman–Crippen MR) is 108 cm³/mol. The highest BCUT2D eigenvalue weighted by Gasteiger charge is 2.43. The smallest absolute Gasteiger partial charge is 0.255 e. The van der Waals surface area contributed by atoms with E-state index in [-0.39, 0.29) is 11.9 Å². The molecule has 7 nitrogen and oxygen atoms in total. The lowest BCUT2D eigenvalue weighted by atomic mass is 9.90. The lowest BCUT2D eigenvalue weighted by molar-refractivity contribution is -0.159. The first-order valence-corrected chi connectivity index (χ1v) is 11.9. The fourth-order valence-corrected chi connectivity index (χ4v) is 5.06. The second-order valence-electron chi connectivity index (χ2n) is 8.10. The number of carbonyl (C=O) groups excluding carboxylic acids is 1. The van der Waals surface area contributed by atoms with Crippen molar-refractivity contribution in [2.24, 2.45) is 0 Å². The number of β-amino-alcohol motifs (C(OH)–C–C–N with tert-alkyl or cyclic N) is 1. The molecular weight excluding hydrogens is 378 g/mol. The Morgan fingerprint density at radius 2 is 1.86 bits per heavy atom. The lowest BCUT2D eigenvalue weighted by Crippen LogP contribution is -2.60. The monoisotopic (exact) mass is 409 g/mol. The summed E-state index contributed by atoms with van der Waals surface area (Å²) in [5.74, 6) is -0.175. The van der Waals surface area contributed by atoms with Crippen LogP contribution in [0, 0.1) is 0 Å². The Kier molecular flexibility index (Phi) is 6.75. The zero-order valence-corrected chi connectivity index (χ0v) is 17.3. The summed E-state index contributed by atoms with van der Waals surface area (Å²) in [4.78, 5) is 16.8. The molecule has 28 heavy (non-hydrogen) atoms. The van der Waals surface area contributed by atoms with Crippen LogP contribution >= 0.6 is 0 Å². The van der Waals surface area contributed by atoms with Crippen LogP contribution in [0.1, 0.15) is 31.2 Å². The molecular formula is C20H31N3O4S. The van der Waals surface area contributed by atoms with E-state index in [1.807, 2.05) is 18.2 Å². The van der Waals surface area contributed by atoms with Gasteiger partial charge < -0.3 is 10.0 Å². The summed E-state index contributed by atoms with van der Waals surface area (Å²) < 4.78 is 25.4. The number of hydrogen-bond donors (Lipinski definition) is 2. The van der Waals surface area contributed by atoms with Crippen molar-refractivity contribution in [3.8, 4) is 0 Å². The van der Waals surface area contributed by atoms with E-state index >= 15 is 0 Å². The Bertz CT molecular complexity index is 763. The van der Waals surface area contributed by atoms with Gasteiger partial charge in [0.05, 0.1) is 6.26 Å². The van der Waals surface area contributed by atoms with Gasteiger partial charge in [-0.25, -0.2) is 13.1 Å². The number of likely N-dealkylation sites (tertiary alicyclic amines) is 2. The van der Waals surface area contributed by atoms with Crippen molar-refractivity contribution < 1.29 is 18.3 Å². The van der Waals surface area contributed by atoms with Gasteiger partial charge in [-0.15, -0.1) is 0 Å². The summed E-state index contributed by atoms with van der Waals surface area (Å²) in [7, 11) is -3.20. The van der Waals surface area contributed by atoms with Crippen LogP contribution in [-0.4, -0.2) is 79.9 Å². The molecule has 1 amide bonds. The quantitative estimate of drug-likeness (QED) is 0.688. The molecule has 0 bridgehead atoms. The summed E-state index contributed by atoms with van der Waals surface area (Å²) >= 11 is 0. The summed E-state index contributed by atoms with van der Waals surface area (Å²) in [5.41, 5.74) is -0.156. The average Bonchev–Trinajstić information content (AvgIpc) is 2.64. The summed E-state index contributed by atoms with van der Waals surface area (Å²) in [6.07, 6.45) is 4.61. The van der Waals surface area contributed by atoms with E-state index in [4.69, 9.17) is 0 Å². The molecule has 0 aromatic heterocycles. The normalized spacial score (nSPS) is 25.2. The number of nitrogens with one attached hydrogen (secondary N) is 1. The fourth-order valence-electron chi connectivity index (χ4n) is 4.22. The number of piperidine rings is 2. The van der Waals surface area contributed by atoms with Crippen LogP contribution in [0.2, 0.25) is 0 Å². The Morgan fingerprint density at radius 3 is 2.50 bits per heavy atom. The molecule has 1 unspecified atom stereocenters. The van der Waals surface area contributed by atoms with E-state index in [0.29, 0.717) is 52.0 Å². The fraction of sp³-hybridized carbons (Fsp3) is 0.650. The van der Waals surface area contributed by atoms with Crippen molar-refractivity contribution in [1.29, 1.82) is 0 Å². The van der Waals surface area contributed by atoms with Crippen molar-refractivity contribution >= 4 is 15.9 Å². The maximum absolute atomic E-state index is 13.0. The van der Waals surface area contributed by atoms with Crippen molar-refractivity contribution in [2.75, 3.05) is 39.0 Å². The molecule has 2 N–H and O–H groups in total. The molecule has 1 aromatic carbocycles. The molecule has 8 heteroatoms. The van der Waals surface area contributed by atoms with Crippen molar-refractivity contribution in [2.45, 2.75) is 43.7 Å². The maximum Gasteiger partial charge on any atom is 0.255 e. The third-order valence-electron chi connectivity index (χ3n) is 5.67. The second-order valence-corrected chi connectivity index (χ2v) is 9.88. The van der Waals surface area contributed by atoms with Crippen molar-refractivity contribution in [3.05, 3.63) is 35.9 Å². The van der Waals surface area contributed by atoms with Gasteiger partial charge in [0, 0.05) is 25.7 Å². The van der Waals surface area contributed by atoms with Crippen LogP contribution in [0.5, 0.6) is 0 Å². The van der Waals surface area contributed by atoms with E-state index in [1.54, 1.807) is 4.90 Å². The van der Waals surface area contributed by atoms with E-state index in [9.17, 15) is 18.3 Å². The molecule has 2 heterocycles. The Labute approximate surface area is 167 Å². The number of benzene rings is 1. The number of hydrogen-bond acceptors (Lipinski definition) is 5. The Balaban J connectivity index is 1.52. The molecule has 156 valence electrons. The van der Waals surface area contributed by atoms with Gasteiger partial charge in [-0.1, -0.05) is 30.3 Å². The first-order chi connectivity index (χ1) is 13.3. The minimum absolute atomic E-state index is 0.0645. The third-order valence-corrected chi connectivity index (χ3v) is 6.43. The van der Waals surface area contributed by atoms with Crippen LogP contribution < -0.4 is 4.72 Å². The van der Waals surface area contributed by atoms with Crippen LogP contribution in [0.3, 0.4) is 0 Å². The van der Waals surface area contributed by atoms with Gasteiger partial charge in [-0.3, -0.25) is 9.69 Å². The highest BCUT2D eigenvalue weighted by Crippen LogP contribution is 2.25. The highest BCUT2D eigenvalue weighted by molar-refractivity contribution is 7.88. The van der Waals surface area contributed by atoms with E-state index in [2.05, 4.69) is 21.8 Å². The largest absolute Gasteiger partial charge is 0.379 e. The van der Waals surface area contributed by atoms with Crippen LogP contribution in [0.4, 0.5) is 0 Å². The number of nitrogens with zero attached hydrogens (tertiary/aromatic N) is 2. The van der Waals surface area contributed by atoms with Gasteiger partial charge in [0.25, 0.3) is 5.91 Å². The zero-order valence-electron chi connectivity index (χ0n) is 16.5. The molecule has 2 aliphatic rings. The van der Waals surface area contributed by atoms with E-state index < -0.39 is 15.6 Å². The lowest BCUT2D eigenvalue weighted by Gasteiger charge is -2.42. The standard InChI is InChI=1S/C20H31N3O4S/c1-28(26,27)21-18-9-13-22(14-10-18)16-20(25)11-5-12-23(19(20)24)15-8-17-6-3-2-4-7-17/h2-4,6-7,18,21,25H,5,8-16H2,1H3. The molecule has 2 aliphatic heterocycles. The van der Waals surface area contributed by atoms with Gasteiger partial charge in [0.15, 0.2) is 5.60 Å². The third kappa shape index (κ3) is 5.76. The first-order valence-electron chi connectivity index (χ1n) is 10.0. The molecule has 0 radical (unpaired) electrons. The van der Waals surface area contributed by atoms with E-state index in [1.165, 1.54) is 11.8 Å². The predicted octanol–water partition coefficient (Wildman–Crippen LogP) is 0.596. The van der Waals surface area contributed by atoms with Crippen molar-refractivity contribution in [1.82, 2.24) is 14.5 Å². The van der Waals surface area contributed by atoms with Gasteiger partial charge in [-0.05, 0) is 50.8 Å². The van der Waals surface area contributed by atoms with Gasteiger partial charge in [0.1, 0.15) is 0 Å². The minimum Gasteiger partial charge on any atom is -0.379 e. The Hall–Kier alpha value is -1.48. The van der Waals surface area contributed by atoms with Crippen LogP contribution in [0.25, 0.3) is 0 Å². The second kappa shape index (κ2) is 8.90. The van der Waals surface area contributed by atoms with Crippen molar-refractivity contribution in [3.63, 3.8) is 0 Å². The van der Waals surface area contributed by atoms with Gasteiger partial charge in [-0.2, -0.15) is 0 Å². The number of carbonyl (C=O) groups is 1. The Morgan fingerprint density at radius 1 is 1.18 bits per heavy atom. The molecule has 1 aromatic rings. The maximum atomic E-state index is 13.0. The minimum atomic E-state index is -3.20. The SMILES string of the molecule is CS(=O)(=O)NC1CCN(CC2(O)CCCN(CCc3ccccc3)C2=O)CC1. The van der Waals surface area contributed by atoms with Gasteiger partial charge in [0.2, 0.25) is 10.0 Å². The molecule has 2 fully saturated rings. The molecule has 0 aliphatic carbocycles.